The number of piperidine rings is 1. The predicted octanol–water partition coefficient (Wildman–Crippen LogP) is 4.56. The second kappa shape index (κ2) is 14.9. The minimum absolute atomic E-state index is 0.0255. The molecule has 0 spiro atoms. The highest BCUT2D eigenvalue weighted by Crippen LogP contribution is 2.51. The predicted molar refractivity (Wildman–Crippen MR) is 196 cm³/mol. The Morgan fingerprint density at radius 3 is 2.28 bits per heavy atom. The summed E-state index contributed by atoms with van der Waals surface area (Å²) >= 11 is 0. The number of halogens is 2. The van der Waals surface area contributed by atoms with Gasteiger partial charge in [0.05, 0.1) is 30.0 Å². The standard InChI is InChI=1S/C39H48F2N6O5S/c1-52-37(49)44-34-8-3-7-33(34)39(26-45-17-4-18-45,28-5-2-6-29(40)21-28)27-15-19-46(20-16-27)23-38(41)24-47(25-38)30-9-11-31(12-10-30)53(50,51)32-13-14-35(36(42)48)43-22-32/h2,5-6,9-14,21-22,27,33-34H,3-4,7-8,15-20,23-26H2,1H3,(H2,42,48)(H,44,49)/t33-,34-,39-/m0/s1. The van der Waals surface area contributed by atoms with Gasteiger partial charge in [-0.25, -0.2) is 27.0 Å². The molecule has 53 heavy (non-hydrogen) atoms. The maximum Gasteiger partial charge on any atom is 0.407 e. The number of alkyl halides is 1. The summed E-state index contributed by atoms with van der Waals surface area (Å²) < 4.78 is 62.4. The number of carbonyl (C=O) groups excluding carboxylic acids is 2. The monoisotopic (exact) mass is 750 g/mol. The van der Waals surface area contributed by atoms with Gasteiger partial charge in [0, 0.05) is 36.4 Å². The average molecular weight is 751 g/mol. The van der Waals surface area contributed by atoms with Gasteiger partial charge in [-0.05, 0) is 124 Å². The lowest BCUT2D eigenvalue weighted by molar-refractivity contribution is 0.00584. The van der Waals surface area contributed by atoms with Crippen LogP contribution in [0.1, 0.15) is 54.6 Å². The number of aromatic nitrogens is 1. The number of alkyl carbamates (subject to hydrolysis) is 1. The maximum absolute atomic E-state index is 16.2. The van der Waals surface area contributed by atoms with E-state index in [2.05, 4.69) is 26.2 Å². The molecular weight excluding hydrogens is 703 g/mol. The minimum Gasteiger partial charge on any atom is -0.453 e. The summed E-state index contributed by atoms with van der Waals surface area (Å²) in [5.74, 6) is -0.687. The lowest BCUT2D eigenvalue weighted by Crippen LogP contribution is -2.65. The van der Waals surface area contributed by atoms with Crippen molar-refractivity contribution < 1.29 is 31.5 Å². The number of likely N-dealkylation sites (tertiary alicyclic amines) is 2. The lowest BCUT2D eigenvalue weighted by atomic mass is 9.57. The number of ether oxygens (including phenoxy) is 1. The Morgan fingerprint density at radius 1 is 0.962 bits per heavy atom. The first kappa shape index (κ1) is 37.2. The van der Waals surface area contributed by atoms with Crippen molar-refractivity contribution in [3.05, 3.63) is 83.9 Å². The van der Waals surface area contributed by atoms with Gasteiger partial charge in [-0.15, -0.1) is 0 Å². The number of nitrogens with two attached hydrogens (primary N) is 1. The van der Waals surface area contributed by atoms with E-state index in [4.69, 9.17) is 10.5 Å². The summed E-state index contributed by atoms with van der Waals surface area (Å²) in [7, 11) is -2.49. The Balaban J connectivity index is 1.02. The number of methoxy groups -OCH3 is 1. The van der Waals surface area contributed by atoms with Crippen LogP contribution in [0.4, 0.5) is 19.3 Å². The van der Waals surface area contributed by atoms with Crippen molar-refractivity contribution in [3.8, 4) is 0 Å². The number of pyridine rings is 1. The van der Waals surface area contributed by atoms with E-state index < -0.39 is 27.5 Å². The van der Waals surface area contributed by atoms with E-state index in [0.29, 0.717) is 6.54 Å². The molecule has 11 nitrogen and oxygen atoms in total. The van der Waals surface area contributed by atoms with Crippen LogP contribution in [0.15, 0.2) is 76.7 Å². The number of carbonyl (C=O) groups is 2. The smallest absolute Gasteiger partial charge is 0.407 e. The second-order valence-corrected chi connectivity index (χ2v) is 17.2. The number of hydrogen-bond acceptors (Lipinski definition) is 9. The number of benzene rings is 2. The lowest BCUT2D eigenvalue weighted by Gasteiger charge is -2.54. The minimum atomic E-state index is -3.87. The van der Waals surface area contributed by atoms with E-state index in [0.717, 1.165) is 88.7 Å². The van der Waals surface area contributed by atoms with Gasteiger partial charge < -0.3 is 25.6 Å². The van der Waals surface area contributed by atoms with Crippen LogP contribution in [0, 0.1) is 17.7 Å². The first-order chi connectivity index (χ1) is 25.4. The molecule has 2 aromatic carbocycles. The van der Waals surface area contributed by atoms with Crippen molar-refractivity contribution in [1.82, 2.24) is 20.1 Å². The number of amides is 2. The fourth-order valence-electron chi connectivity index (χ4n) is 9.32. The number of nitrogens with zero attached hydrogens (tertiary/aromatic N) is 4. The van der Waals surface area contributed by atoms with E-state index in [1.165, 1.54) is 37.4 Å². The summed E-state index contributed by atoms with van der Waals surface area (Å²) in [4.78, 5) is 34.2. The number of nitrogens with one attached hydrogen (secondary N) is 1. The molecule has 4 heterocycles. The molecule has 3 aliphatic heterocycles. The van der Waals surface area contributed by atoms with Crippen molar-refractivity contribution in [2.75, 3.05) is 64.4 Å². The highest BCUT2D eigenvalue weighted by Gasteiger charge is 2.54. The van der Waals surface area contributed by atoms with E-state index in [-0.39, 0.29) is 57.7 Å². The van der Waals surface area contributed by atoms with Crippen LogP contribution in [0.5, 0.6) is 0 Å². The first-order valence-corrected chi connectivity index (χ1v) is 20.0. The molecule has 3 N–H and O–H groups in total. The zero-order valence-electron chi connectivity index (χ0n) is 30.1. The van der Waals surface area contributed by atoms with Crippen LogP contribution in [0.3, 0.4) is 0 Å². The Labute approximate surface area is 309 Å². The van der Waals surface area contributed by atoms with Crippen molar-refractivity contribution in [1.29, 1.82) is 0 Å². The number of anilines is 1. The SMILES string of the molecule is COC(=O)N[C@H]1CCC[C@@H]1[C@](CN1CCC1)(c1cccc(F)c1)C1CCN(CC2(F)CN(c3ccc(S(=O)(=O)c4ccc(C(N)=O)nc4)cc3)C2)CC1. The van der Waals surface area contributed by atoms with Gasteiger partial charge in [0.1, 0.15) is 11.5 Å². The van der Waals surface area contributed by atoms with Gasteiger partial charge in [-0.2, -0.15) is 0 Å². The molecule has 1 aromatic heterocycles. The van der Waals surface area contributed by atoms with Crippen molar-refractivity contribution in [3.63, 3.8) is 0 Å². The second-order valence-electron chi connectivity index (χ2n) is 15.3. The van der Waals surface area contributed by atoms with Crippen LogP contribution in [-0.2, 0) is 20.0 Å². The molecule has 14 heteroatoms. The van der Waals surface area contributed by atoms with E-state index in [1.807, 2.05) is 4.90 Å². The molecular formula is C39H48F2N6O5S. The van der Waals surface area contributed by atoms with Crippen LogP contribution in [0.2, 0.25) is 0 Å². The largest absolute Gasteiger partial charge is 0.453 e. The van der Waals surface area contributed by atoms with Crippen LogP contribution >= 0.6 is 0 Å². The van der Waals surface area contributed by atoms with E-state index in [9.17, 15) is 22.4 Å². The molecule has 3 atom stereocenters. The zero-order chi connectivity index (χ0) is 37.4. The van der Waals surface area contributed by atoms with Gasteiger partial charge in [0.25, 0.3) is 5.91 Å². The number of primary amides is 1. The number of hydrogen-bond donors (Lipinski definition) is 2. The fraction of sp³-hybridized carbons (Fsp3) is 0.513. The summed E-state index contributed by atoms with van der Waals surface area (Å²) in [6.45, 7) is 4.93. The molecule has 1 saturated carbocycles. The molecule has 0 bridgehead atoms. The Morgan fingerprint density at radius 2 is 1.68 bits per heavy atom. The Kier molecular flexibility index (Phi) is 10.5. The molecule has 1 aliphatic carbocycles. The quantitative estimate of drug-likeness (QED) is 0.273. The summed E-state index contributed by atoms with van der Waals surface area (Å²) in [5, 5.41) is 3.13. The highest BCUT2D eigenvalue weighted by atomic mass is 32.2. The summed E-state index contributed by atoms with van der Waals surface area (Å²) in [6, 6.07) is 15.9. The molecule has 0 radical (unpaired) electrons. The topological polar surface area (TPSA) is 138 Å². The molecule has 284 valence electrons. The Hall–Kier alpha value is -4.14. The maximum atomic E-state index is 16.2. The molecule has 3 saturated heterocycles. The normalized spacial score (nSPS) is 23.4. The molecule has 2 amide bonds. The van der Waals surface area contributed by atoms with Gasteiger partial charge >= 0.3 is 6.09 Å². The number of rotatable bonds is 12. The third kappa shape index (κ3) is 7.50. The Bertz CT molecular complexity index is 1900. The van der Waals surface area contributed by atoms with Gasteiger partial charge in [-0.3, -0.25) is 9.69 Å². The van der Waals surface area contributed by atoms with Crippen LogP contribution in [0.25, 0.3) is 0 Å². The summed E-state index contributed by atoms with van der Waals surface area (Å²) in [5.41, 5.74) is 5.11. The fourth-order valence-corrected chi connectivity index (χ4v) is 10.5. The van der Waals surface area contributed by atoms with Gasteiger partial charge in [-0.1, -0.05) is 18.6 Å². The highest BCUT2D eigenvalue weighted by molar-refractivity contribution is 7.91. The zero-order valence-corrected chi connectivity index (χ0v) is 30.9. The molecule has 4 aliphatic rings. The molecule has 4 fully saturated rings. The van der Waals surface area contributed by atoms with Gasteiger partial charge in [0.2, 0.25) is 9.84 Å². The van der Waals surface area contributed by atoms with Crippen molar-refractivity contribution >= 4 is 27.5 Å². The van der Waals surface area contributed by atoms with Crippen LogP contribution < -0.4 is 16.0 Å². The summed E-state index contributed by atoms with van der Waals surface area (Å²) in [6.07, 6.45) is 6.22. The van der Waals surface area contributed by atoms with Crippen LogP contribution in [-0.4, -0.2) is 106 Å². The molecule has 0 unspecified atom stereocenters. The number of sulfone groups is 1. The van der Waals surface area contributed by atoms with Gasteiger partial charge in [0.15, 0.2) is 5.67 Å². The third-order valence-corrected chi connectivity index (χ3v) is 13.8. The molecule has 3 aromatic rings. The van der Waals surface area contributed by atoms with E-state index in [1.54, 1.807) is 24.3 Å². The average Bonchev–Trinajstić information content (AvgIpc) is 3.59. The molecule has 7 rings (SSSR count). The third-order valence-electron chi connectivity index (χ3n) is 12.0. The van der Waals surface area contributed by atoms with E-state index >= 15 is 4.39 Å². The van der Waals surface area contributed by atoms with Crippen molar-refractivity contribution in [2.45, 2.75) is 65.4 Å². The van der Waals surface area contributed by atoms with Crippen molar-refractivity contribution in [2.24, 2.45) is 17.6 Å². The first-order valence-electron chi connectivity index (χ1n) is 18.5.